The summed E-state index contributed by atoms with van der Waals surface area (Å²) in [5.74, 6) is 1.96. The van der Waals surface area contributed by atoms with Crippen LogP contribution in [0.5, 0.6) is 0 Å². The number of rotatable bonds is 8. The Morgan fingerprint density at radius 2 is 2.00 bits per heavy atom. The van der Waals surface area contributed by atoms with Gasteiger partial charge in [0.1, 0.15) is 5.82 Å². The first-order valence-electron chi connectivity index (χ1n) is 9.49. The lowest BCUT2D eigenvalue weighted by atomic mass is 10.2. The van der Waals surface area contributed by atoms with E-state index in [2.05, 4.69) is 20.8 Å². The highest BCUT2D eigenvalue weighted by molar-refractivity contribution is 7.99. The molecule has 4 rings (SSSR count). The van der Waals surface area contributed by atoms with Crippen LogP contribution in [-0.4, -0.2) is 33.0 Å². The zero-order valence-electron chi connectivity index (χ0n) is 15.5. The van der Waals surface area contributed by atoms with Crippen LogP contribution in [0.25, 0.3) is 0 Å². The minimum Gasteiger partial charge on any atom is -0.311 e. The van der Waals surface area contributed by atoms with Gasteiger partial charge in [0.2, 0.25) is 5.91 Å². The average molecular weight is 382 g/mol. The molecule has 0 spiro atoms. The van der Waals surface area contributed by atoms with Gasteiger partial charge in [0.05, 0.1) is 18.2 Å². The third kappa shape index (κ3) is 4.16. The molecule has 0 aliphatic heterocycles. The van der Waals surface area contributed by atoms with E-state index >= 15 is 0 Å². The molecule has 2 aliphatic rings. The van der Waals surface area contributed by atoms with Crippen molar-refractivity contribution in [2.75, 3.05) is 17.2 Å². The predicted octanol–water partition coefficient (Wildman–Crippen LogP) is 3.84. The molecular weight excluding hydrogens is 358 g/mol. The van der Waals surface area contributed by atoms with Crippen molar-refractivity contribution in [3.8, 4) is 6.07 Å². The topological polar surface area (TPSA) is 74.8 Å². The average Bonchev–Trinajstić information content (AvgIpc) is 3.60. The number of nitrogens with zero attached hydrogens (tertiary/aromatic N) is 5. The number of aromatic nitrogens is 3. The molecule has 2 aromatic rings. The lowest BCUT2D eigenvalue weighted by molar-refractivity contribution is -0.116. The molecule has 1 aromatic heterocycles. The number of anilines is 1. The van der Waals surface area contributed by atoms with Crippen LogP contribution in [0.4, 0.5) is 5.69 Å². The zero-order valence-corrected chi connectivity index (χ0v) is 16.3. The first kappa shape index (κ1) is 18.1. The molecule has 7 heteroatoms. The molecule has 0 atom stereocenters. The van der Waals surface area contributed by atoms with Gasteiger partial charge in [-0.15, -0.1) is 10.2 Å². The summed E-state index contributed by atoms with van der Waals surface area (Å²) in [6, 6.07) is 10.5. The van der Waals surface area contributed by atoms with E-state index in [1.54, 1.807) is 4.90 Å². The van der Waals surface area contributed by atoms with E-state index < -0.39 is 0 Å². The highest BCUT2D eigenvalue weighted by Crippen LogP contribution is 2.46. The summed E-state index contributed by atoms with van der Waals surface area (Å²) in [6.07, 6.45) is 5.07. The van der Waals surface area contributed by atoms with Crippen molar-refractivity contribution in [3.63, 3.8) is 0 Å². The fraction of sp³-hybridized carbons (Fsp3) is 0.500. The van der Waals surface area contributed by atoms with E-state index in [0.717, 1.165) is 22.2 Å². The number of nitriles is 1. The molecule has 0 saturated heterocycles. The molecule has 2 fully saturated rings. The predicted molar refractivity (Wildman–Crippen MR) is 105 cm³/mol. The largest absolute Gasteiger partial charge is 0.311 e. The number of benzene rings is 1. The van der Waals surface area contributed by atoms with Gasteiger partial charge in [0, 0.05) is 24.2 Å². The van der Waals surface area contributed by atoms with Crippen LogP contribution in [0.3, 0.4) is 0 Å². The van der Waals surface area contributed by atoms with Gasteiger partial charge in [-0.05, 0) is 44.7 Å². The number of hydrogen-bond acceptors (Lipinski definition) is 5. The van der Waals surface area contributed by atoms with Gasteiger partial charge in [-0.25, -0.2) is 0 Å². The van der Waals surface area contributed by atoms with Crippen LogP contribution >= 0.6 is 11.8 Å². The van der Waals surface area contributed by atoms with E-state index in [-0.39, 0.29) is 5.91 Å². The Bertz CT molecular complexity index is 861. The Labute approximate surface area is 163 Å². The van der Waals surface area contributed by atoms with Crippen molar-refractivity contribution in [1.82, 2.24) is 14.8 Å². The Morgan fingerprint density at radius 3 is 2.63 bits per heavy atom. The van der Waals surface area contributed by atoms with Crippen molar-refractivity contribution in [2.24, 2.45) is 0 Å². The molecule has 2 aliphatic carbocycles. The van der Waals surface area contributed by atoms with Gasteiger partial charge in [-0.3, -0.25) is 4.79 Å². The van der Waals surface area contributed by atoms with Gasteiger partial charge in [0.25, 0.3) is 0 Å². The Kier molecular flexibility index (Phi) is 5.17. The highest BCUT2D eigenvalue weighted by Gasteiger charge is 2.36. The summed E-state index contributed by atoms with van der Waals surface area (Å²) in [5.41, 5.74) is 1.98. The summed E-state index contributed by atoms with van der Waals surface area (Å²) in [7, 11) is 0. The normalized spacial score (nSPS) is 16.1. The maximum atomic E-state index is 12.9. The van der Waals surface area contributed by atoms with E-state index in [0.29, 0.717) is 30.7 Å². The maximum Gasteiger partial charge on any atom is 0.237 e. The van der Waals surface area contributed by atoms with Crippen LogP contribution in [0, 0.1) is 18.3 Å². The SMILES string of the molecule is Cc1ccc(N(CCC#N)C(=O)CSc2nnc(C3CC3)n2C2CC2)cc1. The zero-order chi connectivity index (χ0) is 18.8. The monoisotopic (exact) mass is 381 g/mol. The maximum absolute atomic E-state index is 12.9. The molecule has 6 nitrogen and oxygen atoms in total. The molecule has 27 heavy (non-hydrogen) atoms. The first-order chi connectivity index (χ1) is 13.2. The van der Waals surface area contributed by atoms with Crippen LogP contribution in [-0.2, 0) is 4.79 Å². The van der Waals surface area contributed by atoms with Gasteiger partial charge in [0.15, 0.2) is 5.16 Å². The molecule has 0 bridgehead atoms. The quantitative estimate of drug-likeness (QED) is 0.650. The standard InChI is InChI=1S/C20H23N5OS/c1-14-3-7-16(8-4-14)24(12-2-11-21)18(26)13-27-20-23-22-19(15-5-6-15)25(20)17-9-10-17/h3-4,7-8,15,17H,2,5-6,9-10,12-13H2,1H3. The Hall–Kier alpha value is -2.33. The summed E-state index contributed by atoms with van der Waals surface area (Å²) >= 11 is 1.46. The number of amides is 1. The summed E-state index contributed by atoms with van der Waals surface area (Å²) in [6.45, 7) is 2.42. The number of hydrogen-bond donors (Lipinski definition) is 0. The van der Waals surface area contributed by atoms with Crippen LogP contribution < -0.4 is 4.90 Å². The minimum atomic E-state index is -0.00239. The van der Waals surface area contributed by atoms with E-state index in [1.165, 1.54) is 37.4 Å². The molecule has 2 saturated carbocycles. The Morgan fingerprint density at radius 1 is 1.26 bits per heavy atom. The van der Waals surface area contributed by atoms with Crippen molar-refractivity contribution in [1.29, 1.82) is 5.26 Å². The van der Waals surface area contributed by atoms with E-state index in [9.17, 15) is 4.79 Å². The molecule has 140 valence electrons. The fourth-order valence-electron chi connectivity index (χ4n) is 3.17. The molecule has 0 radical (unpaired) electrons. The summed E-state index contributed by atoms with van der Waals surface area (Å²) in [4.78, 5) is 14.6. The van der Waals surface area contributed by atoms with Crippen molar-refractivity contribution < 1.29 is 4.79 Å². The second kappa shape index (κ2) is 7.73. The molecule has 1 heterocycles. The third-order valence-electron chi connectivity index (χ3n) is 4.96. The van der Waals surface area contributed by atoms with Gasteiger partial charge in [-0.2, -0.15) is 5.26 Å². The van der Waals surface area contributed by atoms with Crippen molar-refractivity contribution in [3.05, 3.63) is 35.7 Å². The van der Waals surface area contributed by atoms with E-state index in [4.69, 9.17) is 5.26 Å². The first-order valence-corrected chi connectivity index (χ1v) is 10.5. The second-order valence-electron chi connectivity index (χ2n) is 7.29. The summed E-state index contributed by atoms with van der Waals surface area (Å²) < 4.78 is 2.26. The smallest absolute Gasteiger partial charge is 0.237 e. The highest BCUT2D eigenvalue weighted by atomic mass is 32.2. The molecule has 1 aromatic carbocycles. The van der Waals surface area contributed by atoms with Gasteiger partial charge in [-0.1, -0.05) is 29.5 Å². The van der Waals surface area contributed by atoms with Gasteiger partial charge >= 0.3 is 0 Å². The fourth-order valence-corrected chi connectivity index (χ4v) is 4.06. The van der Waals surface area contributed by atoms with Crippen LogP contribution in [0.2, 0.25) is 0 Å². The third-order valence-corrected chi connectivity index (χ3v) is 5.89. The molecule has 0 N–H and O–H groups in total. The number of carbonyl (C=O) groups is 1. The number of aryl methyl sites for hydroxylation is 1. The van der Waals surface area contributed by atoms with Gasteiger partial charge < -0.3 is 9.47 Å². The lowest BCUT2D eigenvalue weighted by Crippen LogP contribution is -2.33. The molecular formula is C20H23N5OS. The van der Waals surface area contributed by atoms with Crippen molar-refractivity contribution >= 4 is 23.4 Å². The lowest BCUT2D eigenvalue weighted by Gasteiger charge is -2.22. The van der Waals surface area contributed by atoms with Crippen molar-refractivity contribution in [2.45, 2.75) is 56.1 Å². The van der Waals surface area contributed by atoms with Crippen LogP contribution in [0.15, 0.2) is 29.4 Å². The number of carbonyl (C=O) groups excluding carboxylic acids is 1. The van der Waals surface area contributed by atoms with Crippen LogP contribution in [0.1, 0.15) is 55.5 Å². The van der Waals surface area contributed by atoms with E-state index in [1.807, 2.05) is 31.2 Å². The molecule has 1 amide bonds. The molecule has 0 unspecified atom stereocenters. The number of thioether (sulfide) groups is 1. The second-order valence-corrected chi connectivity index (χ2v) is 8.24. The minimum absolute atomic E-state index is 0.00239. The Balaban J connectivity index is 1.47. The summed E-state index contributed by atoms with van der Waals surface area (Å²) in [5, 5.41) is 18.6.